The molecular weight excluding hydrogens is 508 g/mol. The van der Waals surface area contributed by atoms with E-state index in [1.807, 2.05) is 48.5 Å². The molecule has 0 saturated carbocycles. The van der Waals surface area contributed by atoms with Crippen LogP contribution in [-0.2, 0) is 19.6 Å². The smallest absolute Gasteiger partial charge is 0.387 e. The molecule has 0 spiro atoms. The molecule has 0 aliphatic rings. The fraction of sp³-hybridized carbons (Fsp3) is 0.364. The number of rotatable bonds is 15. The summed E-state index contributed by atoms with van der Waals surface area (Å²) in [5.41, 5.74) is 5.16. The molecule has 0 saturated heterocycles. The van der Waals surface area contributed by atoms with Crippen LogP contribution in [0.4, 0.5) is 8.78 Å². The molecule has 7 heteroatoms. The predicted octanol–water partition coefficient (Wildman–Crippen LogP) is 8.43. The van der Waals surface area contributed by atoms with Crippen molar-refractivity contribution >= 4 is 0 Å². The number of nitrogens with zero attached hydrogens (tertiary/aromatic N) is 3. The number of aromatic nitrogens is 2. The van der Waals surface area contributed by atoms with Crippen LogP contribution in [0.15, 0.2) is 78.9 Å². The molecule has 0 aliphatic heterocycles. The van der Waals surface area contributed by atoms with Crippen LogP contribution in [0.2, 0.25) is 0 Å². The number of hydrogen-bond donors (Lipinski definition) is 0. The highest BCUT2D eigenvalue weighted by molar-refractivity contribution is 5.73. The van der Waals surface area contributed by atoms with Gasteiger partial charge < -0.3 is 14.0 Å². The first-order valence-electron chi connectivity index (χ1n) is 14.1. The van der Waals surface area contributed by atoms with Gasteiger partial charge in [0.2, 0.25) is 0 Å². The number of halogens is 2. The Hall–Kier alpha value is -3.71. The molecule has 0 amide bonds. The van der Waals surface area contributed by atoms with E-state index < -0.39 is 6.61 Å². The van der Waals surface area contributed by atoms with Gasteiger partial charge in [0, 0.05) is 30.8 Å². The van der Waals surface area contributed by atoms with Crippen molar-refractivity contribution in [3.05, 3.63) is 90.1 Å². The predicted molar refractivity (Wildman–Crippen MR) is 157 cm³/mol. The fourth-order valence-corrected chi connectivity index (χ4v) is 4.91. The second-order valence-electron chi connectivity index (χ2n) is 9.89. The number of methoxy groups -OCH3 is 1. The third kappa shape index (κ3) is 7.48. The molecule has 212 valence electrons. The summed E-state index contributed by atoms with van der Waals surface area (Å²) in [5, 5.41) is 0. The first-order chi connectivity index (χ1) is 19.5. The fourth-order valence-electron chi connectivity index (χ4n) is 4.91. The molecule has 1 aromatic heterocycles. The first kappa shape index (κ1) is 29.3. The van der Waals surface area contributed by atoms with Crippen LogP contribution in [0.25, 0.3) is 22.6 Å². The van der Waals surface area contributed by atoms with E-state index in [1.54, 1.807) is 19.2 Å². The van der Waals surface area contributed by atoms with Crippen LogP contribution in [0, 0.1) is 0 Å². The number of para-hydroxylation sites is 1. The molecule has 0 atom stereocenters. The topological polar surface area (TPSA) is 39.5 Å². The van der Waals surface area contributed by atoms with E-state index in [4.69, 9.17) is 9.72 Å². The van der Waals surface area contributed by atoms with Crippen molar-refractivity contribution in [2.45, 2.75) is 65.8 Å². The zero-order valence-corrected chi connectivity index (χ0v) is 23.7. The summed E-state index contributed by atoms with van der Waals surface area (Å²) >= 11 is 0. The van der Waals surface area contributed by atoms with Gasteiger partial charge in [-0.25, -0.2) is 4.98 Å². The molecule has 1 heterocycles. The molecule has 0 N–H and O–H groups in total. The SMILES string of the molecule is CCCCN(Cc1ccc(OC(F)F)cc1)Cc1c(-c2ccccc2OC)nc(-c2ccccc2)n1CCCC. The maximum atomic E-state index is 12.6. The van der Waals surface area contributed by atoms with Crippen LogP contribution in [-0.4, -0.2) is 34.7 Å². The maximum Gasteiger partial charge on any atom is 0.387 e. The van der Waals surface area contributed by atoms with Crippen LogP contribution < -0.4 is 9.47 Å². The van der Waals surface area contributed by atoms with E-state index in [0.29, 0.717) is 13.1 Å². The molecule has 0 unspecified atom stereocenters. The van der Waals surface area contributed by atoms with E-state index in [2.05, 4.69) is 46.3 Å². The molecule has 4 rings (SSSR count). The number of hydrogen-bond acceptors (Lipinski definition) is 4. The molecule has 3 aromatic carbocycles. The minimum Gasteiger partial charge on any atom is -0.496 e. The van der Waals surface area contributed by atoms with Gasteiger partial charge in [-0.3, -0.25) is 4.90 Å². The van der Waals surface area contributed by atoms with E-state index in [1.165, 1.54) is 0 Å². The van der Waals surface area contributed by atoms with Crippen LogP contribution in [0.1, 0.15) is 50.8 Å². The van der Waals surface area contributed by atoms with E-state index in [0.717, 1.165) is 78.4 Å². The Labute approximate surface area is 236 Å². The van der Waals surface area contributed by atoms with Crippen LogP contribution in [0.3, 0.4) is 0 Å². The minimum absolute atomic E-state index is 0.169. The van der Waals surface area contributed by atoms with Gasteiger partial charge in [-0.15, -0.1) is 0 Å². The summed E-state index contributed by atoms with van der Waals surface area (Å²) in [4.78, 5) is 7.68. The van der Waals surface area contributed by atoms with Gasteiger partial charge in [0.25, 0.3) is 0 Å². The van der Waals surface area contributed by atoms with Gasteiger partial charge in [0.15, 0.2) is 0 Å². The summed E-state index contributed by atoms with van der Waals surface area (Å²) in [7, 11) is 1.69. The summed E-state index contributed by atoms with van der Waals surface area (Å²) in [6.45, 7) is 4.69. The van der Waals surface area contributed by atoms with Crippen LogP contribution >= 0.6 is 0 Å². The normalized spacial score (nSPS) is 11.4. The zero-order valence-electron chi connectivity index (χ0n) is 23.7. The van der Waals surface area contributed by atoms with Crippen molar-refractivity contribution in [2.24, 2.45) is 0 Å². The lowest BCUT2D eigenvalue weighted by Crippen LogP contribution is -2.26. The second-order valence-corrected chi connectivity index (χ2v) is 9.89. The Morgan fingerprint density at radius 2 is 1.55 bits per heavy atom. The molecule has 0 radical (unpaired) electrons. The van der Waals surface area contributed by atoms with E-state index in [9.17, 15) is 8.78 Å². The van der Waals surface area contributed by atoms with Crippen LogP contribution in [0.5, 0.6) is 11.5 Å². The van der Waals surface area contributed by atoms with Gasteiger partial charge in [0.05, 0.1) is 18.5 Å². The quantitative estimate of drug-likeness (QED) is 0.150. The Bertz CT molecular complexity index is 1320. The van der Waals surface area contributed by atoms with E-state index in [-0.39, 0.29) is 5.75 Å². The van der Waals surface area contributed by atoms with Crippen molar-refractivity contribution in [3.8, 4) is 34.1 Å². The van der Waals surface area contributed by atoms with Gasteiger partial charge in [-0.1, -0.05) is 81.3 Å². The Morgan fingerprint density at radius 3 is 2.23 bits per heavy atom. The number of unbranched alkanes of at least 4 members (excludes halogenated alkanes) is 2. The van der Waals surface area contributed by atoms with Gasteiger partial charge in [-0.05, 0) is 49.2 Å². The zero-order chi connectivity index (χ0) is 28.3. The summed E-state index contributed by atoms with van der Waals surface area (Å²) in [6, 6.07) is 25.3. The molecule has 4 aromatic rings. The van der Waals surface area contributed by atoms with Crippen molar-refractivity contribution in [3.63, 3.8) is 0 Å². The largest absolute Gasteiger partial charge is 0.496 e. The number of ether oxygens (including phenoxy) is 2. The highest BCUT2D eigenvalue weighted by Crippen LogP contribution is 2.36. The summed E-state index contributed by atoms with van der Waals surface area (Å²) in [6.07, 6.45) is 4.23. The van der Waals surface area contributed by atoms with Gasteiger partial charge in [-0.2, -0.15) is 8.78 Å². The Balaban J connectivity index is 1.78. The highest BCUT2D eigenvalue weighted by atomic mass is 19.3. The summed E-state index contributed by atoms with van der Waals surface area (Å²) < 4.78 is 38.0. The average Bonchev–Trinajstić information content (AvgIpc) is 3.33. The Kier molecular flexibility index (Phi) is 10.7. The second kappa shape index (κ2) is 14.6. The lowest BCUT2D eigenvalue weighted by Gasteiger charge is -2.24. The van der Waals surface area contributed by atoms with Crippen molar-refractivity contribution in [2.75, 3.05) is 13.7 Å². The van der Waals surface area contributed by atoms with E-state index >= 15 is 0 Å². The standard InChI is InChI=1S/C33H39F2N3O2/c1-4-6-21-37(23-25-17-19-27(20-18-25)40-33(34)35)24-29-31(28-15-11-12-16-30(28)39-3)36-32(38(29)22-7-5-2)26-13-9-8-10-14-26/h8-20,33H,4-7,21-24H2,1-3H3. The average molecular weight is 548 g/mol. The van der Waals surface area contributed by atoms with Crippen molar-refractivity contribution < 1.29 is 18.3 Å². The lowest BCUT2D eigenvalue weighted by atomic mass is 10.1. The first-order valence-corrected chi connectivity index (χ1v) is 14.1. The van der Waals surface area contributed by atoms with Crippen molar-refractivity contribution in [1.29, 1.82) is 0 Å². The monoisotopic (exact) mass is 547 g/mol. The minimum atomic E-state index is -2.83. The maximum absolute atomic E-state index is 12.6. The highest BCUT2D eigenvalue weighted by Gasteiger charge is 2.23. The molecule has 40 heavy (non-hydrogen) atoms. The van der Waals surface area contributed by atoms with Gasteiger partial charge >= 0.3 is 6.61 Å². The third-order valence-electron chi connectivity index (χ3n) is 6.96. The molecule has 0 aliphatic carbocycles. The molecule has 0 bridgehead atoms. The number of alkyl halides is 2. The Morgan fingerprint density at radius 1 is 0.850 bits per heavy atom. The third-order valence-corrected chi connectivity index (χ3v) is 6.96. The van der Waals surface area contributed by atoms with Gasteiger partial charge in [0.1, 0.15) is 17.3 Å². The lowest BCUT2D eigenvalue weighted by molar-refractivity contribution is -0.0498. The van der Waals surface area contributed by atoms with Crippen molar-refractivity contribution in [1.82, 2.24) is 14.5 Å². The number of benzene rings is 3. The number of imidazole rings is 1. The molecule has 5 nitrogen and oxygen atoms in total. The molecular formula is C33H39F2N3O2. The summed E-state index contributed by atoms with van der Waals surface area (Å²) in [5.74, 6) is 1.91. The molecule has 0 fully saturated rings.